The van der Waals surface area contributed by atoms with E-state index in [1.54, 1.807) is 0 Å². The lowest BCUT2D eigenvalue weighted by molar-refractivity contribution is 0.790. The van der Waals surface area contributed by atoms with Crippen LogP contribution in [0.2, 0.25) is 0 Å². The van der Waals surface area contributed by atoms with Crippen molar-refractivity contribution in [1.82, 2.24) is 0 Å². The first-order valence-corrected chi connectivity index (χ1v) is 6.81. The topological polar surface area (TPSA) is 0 Å². The monoisotopic (exact) mass is 222 g/mol. The molecule has 0 radical (unpaired) electrons. The van der Waals surface area contributed by atoms with Crippen LogP contribution in [0.25, 0.3) is 0 Å². The van der Waals surface area contributed by atoms with E-state index in [1.165, 1.54) is 25.0 Å². The summed E-state index contributed by atoms with van der Waals surface area (Å²) >= 11 is 8.92. The predicted octanol–water partition coefficient (Wildman–Crippen LogP) is 4.34. The molecule has 1 unspecified atom stereocenters. The summed E-state index contributed by atoms with van der Waals surface area (Å²) in [6, 6.07) is 0. The molecule has 0 bridgehead atoms. The number of hydrogen-bond acceptors (Lipinski definition) is 3. The Bertz CT molecular complexity index is 123. The zero-order valence-electron chi connectivity index (χ0n) is 8.13. The van der Waals surface area contributed by atoms with Crippen LogP contribution in [0.3, 0.4) is 0 Å². The quantitative estimate of drug-likeness (QED) is 0.635. The van der Waals surface area contributed by atoms with Crippen LogP contribution in [0.4, 0.5) is 0 Å². The molecule has 0 aliphatic rings. The Labute approximate surface area is 90.3 Å². The summed E-state index contributed by atoms with van der Waals surface area (Å²) in [6.45, 7) is 6.67. The molecule has 0 aromatic carbocycles. The average molecular weight is 222 g/mol. The minimum absolute atomic E-state index is 0.701. The van der Waals surface area contributed by atoms with Gasteiger partial charge in [-0.1, -0.05) is 39.4 Å². The van der Waals surface area contributed by atoms with Crippen LogP contribution in [0.15, 0.2) is 0 Å². The van der Waals surface area contributed by atoms with Crippen LogP contribution in [-0.2, 0) is 0 Å². The van der Waals surface area contributed by atoms with Gasteiger partial charge in [-0.25, -0.2) is 0 Å². The average Bonchev–Trinajstić information content (AvgIpc) is 2.01. The molecule has 3 heteroatoms. The molecule has 0 amide bonds. The van der Waals surface area contributed by atoms with E-state index < -0.39 is 0 Å². The molecule has 0 aromatic rings. The molecule has 0 fully saturated rings. The van der Waals surface area contributed by atoms with Crippen LogP contribution >= 0.6 is 35.7 Å². The van der Waals surface area contributed by atoms with E-state index in [-0.39, 0.29) is 0 Å². The Morgan fingerprint density at radius 1 is 1.33 bits per heavy atom. The lowest BCUT2D eigenvalue weighted by atomic mass is 10.3. The highest BCUT2D eigenvalue weighted by molar-refractivity contribution is 8.47. The van der Waals surface area contributed by atoms with Gasteiger partial charge in [-0.05, 0) is 18.6 Å². The van der Waals surface area contributed by atoms with Crippen molar-refractivity contribution >= 4 is 39.3 Å². The smallest absolute Gasteiger partial charge is 0.104 e. The molecular formula is C9H18S3. The summed E-state index contributed by atoms with van der Waals surface area (Å²) in [4.78, 5) is 0. The predicted molar refractivity (Wildman–Crippen MR) is 67.3 cm³/mol. The summed E-state index contributed by atoms with van der Waals surface area (Å²) in [5, 5.41) is 0.701. The molecule has 0 aromatic heterocycles. The zero-order chi connectivity index (χ0) is 9.40. The first-order valence-electron chi connectivity index (χ1n) is 4.54. The van der Waals surface area contributed by atoms with Crippen molar-refractivity contribution in [1.29, 1.82) is 0 Å². The van der Waals surface area contributed by atoms with Gasteiger partial charge in [0.1, 0.15) is 3.53 Å². The van der Waals surface area contributed by atoms with Crippen LogP contribution in [-0.4, -0.2) is 14.5 Å². The summed E-state index contributed by atoms with van der Waals surface area (Å²) in [7, 11) is 0. The molecule has 0 saturated heterocycles. The molecule has 0 heterocycles. The highest BCUT2D eigenvalue weighted by Gasteiger charge is 2.05. The summed E-state index contributed by atoms with van der Waals surface area (Å²) < 4.78 is 1.12. The Morgan fingerprint density at radius 3 is 2.50 bits per heavy atom. The van der Waals surface area contributed by atoms with Crippen LogP contribution in [0.5, 0.6) is 0 Å². The molecule has 12 heavy (non-hydrogen) atoms. The van der Waals surface area contributed by atoms with Crippen LogP contribution < -0.4 is 0 Å². The van der Waals surface area contributed by atoms with Gasteiger partial charge in [0.15, 0.2) is 0 Å². The van der Waals surface area contributed by atoms with Crippen molar-refractivity contribution in [3.05, 3.63) is 0 Å². The molecule has 0 spiro atoms. The van der Waals surface area contributed by atoms with Gasteiger partial charge < -0.3 is 0 Å². The largest absolute Gasteiger partial charge is 0.108 e. The van der Waals surface area contributed by atoms with Crippen LogP contribution in [0.1, 0.15) is 40.0 Å². The molecule has 0 aliphatic carbocycles. The van der Waals surface area contributed by atoms with Gasteiger partial charge in [-0.3, -0.25) is 0 Å². The Morgan fingerprint density at radius 2 is 2.00 bits per heavy atom. The van der Waals surface area contributed by atoms with E-state index in [1.807, 2.05) is 23.5 Å². The molecule has 0 nitrogen and oxygen atoms in total. The van der Waals surface area contributed by atoms with Crippen molar-refractivity contribution in [3.8, 4) is 0 Å². The van der Waals surface area contributed by atoms with E-state index in [9.17, 15) is 0 Å². The third kappa shape index (κ3) is 7.44. The number of rotatable bonds is 5. The molecular weight excluding hydrogens is 204 g/mol. The molecule has 1 atom stereocenters. The maximum atomic E-state index is 5.24. The second kappa shape index (κ2) is 8.39. The maximum absolute atomic E-state index is 5.24. The number of hydrogen-bond donors (Lipinski definition) is 0. The van der Waals surface area contributed by atoms with Crippen LogP contribution in [0, 0.1) is 0 Å². The third-order valence-electron chi connectivity index (χ3n) is 1.42. The standard InChI is InChI=1S/C9H18S3/c1-4-6-8(3)12-9(10)11-7-5-2/h8H,4-7H2,1-3H3. The Kier molecular flexibility index (Phi) is 8.94. The van der Waals surface area contributed by atoms with Gasteiger partial charge in [0.2, 0.25) is 0 Å². The summed E-state index contributed by atoms with van der Waals surface area (Å²) in [6.07, 6.45) is 3.75. The van der Waals surface area contributed by atoms with E-state index in [4.69, 9.17) is 12.2 Å². The van der Waals surface area contributed by atoms with Crippen molar-refractivity contribution in [2.75, 3.05) is 5.75 Å². The lowest BCUT2D eigenvalue weighted by Crippen LogP contribution is -1.98. The molecule has 0 saturated carbocycles. The van der Waals surface area contributed by atoms with Gasteiger partial charge in [0.25, 0.3) is 0 Å². The highest BCUT2D eigenvalue weighted by atomic mass is 32.2. The summed E-state index contributed by atoms with van der Waals surface area (Å²) in [5.41, 5.74) is 0. The fourth-order valence-electron chi connectivity index (χ4n) is 0.849. The third-order valence-corrected chi connectivity index (χ3v) is 4.38. The maximum Gasteiger partial charge on any atom is 0.104 e. The minimum Gasteiger partial charge on any atom is -0.108 e. The van der Waals surface area contributed by atoms with Crippen molar-refractivity contribution in [2.45, 2.75) is 45.3 Å². The minimum atomic E-state index is 0.701. The molecule has 0 rings (SSSR count). The van der Waals surface area contributed by atoms with Gasteiger partial charge >= 0.3 is 0 Å². The zero-order valence-corrected chi connectivity index (χ0v) is 10.6. The van der Waals surface area contributed by atoms with Gasteiger partial charge in [-0.2, -0.15) is 0 Å². The fraction of sp³-hybridized carbons (Fsp3) is 0.889. The molecule has 0 N–H and O–H groups in total. The van der Waals surface area contributed by atoms with E-state index in [2.05, 4.69) is 20.8 Å². The van der Waals surface area contributed by atoms with Gasteiger partial charge in [0, 0.05) is 5.25 Å². The SMILES string of the molecule is CCCSC(=S)SC(C)CCC. The Balaban J connectivity index is 3.40. The molecule has 72 valence electrons. The van der Waals surface area contributed by atoms with Gasteiger partial charge in [0.05, 0.1) is 0 Å². The van der Waals surface area contributed by atoms with E-state index in [0.717, 1.165) is 3.53 Å². The molecule has 0 aliphatic heterocycles. The first kappa shape index (κ1) is 12.8. The van der Waals surface area contributed by atoms with Crippen molar-refractivity contribution in [2.24, 2.45) is 0 Å². The summed E-state index contributed by atoms with van der Waals surface area (Å²) in [5.74, 6) is 1.17. The second-order valence-electron chi connectivity index (χ2n) is 2.82. The first-order chi connectivity index (χ1) is 5.70. The highest BCUT2D eigenvalue weighted by Crippen LogP contribution is 2.24. The van der Waals surface area contributed by atoms with E-state index in [0.29, 0.717) is 5.25 Å². The normalized spacial score (nSPS) is 12.9. The number of thioether (sulfide) groups is 2. The Hall–Kier alpha value is 0.790. The second-order valence-corrected chi connectivity index (χ2v) is 6.55. The lowest BCUT2D eigenvalue weighted by Gasteiger charge is -2.09. The van der Waals surface area contributed by atoms with Crippen molar-refractivity contribution < 1.29 is 0 Å². The number of thiocarbonyl (C=S) groups is 1. The van der Waals surface area contributed by atoms with E-state index >= 15 is 0 Å². The fourth-order valence-corrected chi connectivity index (χ4v) is 3.66. The van der Waals surface area contributed by atoms with Crippen molar-refractivity contribution in [3.63, 3.8) is 0 Å². The van der Waals surface area contributed by atoms with Gasteiger partial charge in [-0.15, -0.1) is 23.5 Å².